The van der Waals surface area contributed by atoms with Gasteiger partial charge in [-0.1, -0.05) is 12.1 Å². The molecule has 0 spiro atoms. The molecule has 8 nitrogen and oxygen atoms in total. The van der Waals surface area contributed by atoms with E-state index in [1.165, 1.54) is 12.1 Å². The number of ether oxygens (including phenoxy) is 4. The molecule has 0 bridgehead atoms. The van der Waals surface area contributed by atoms with Crippen LogP contribution < -0.4 is 14.2 Å². The van der Waals surface area contributed by atoms with Crippen molar-refractivity contribution < 1.29 is 33.2 Å². The van der Waals surface area contributed by atoms with Gasteiger partial charge < -0.3 is 29.0 Å². The lowest BCUT2D eigenvalue weighted by Crippen LogP contribution is -2.48. The average Bonchev–Trinajstić information content (AvgIpc) is 3.18. The molecule has 2 saturated heterocycles. The molecule has 0 saturated carbocycles. The third-order valence-electron chi connectivity index (χ3n) is 6.38. The molecule has 0 aromatic heterocycles. The van der Waals surface area contributed by atoms with Gasteiger partial charge in [0, 0.05) is 45.2 Å². The zero-order valence-corrected chi connectivity index (χ0v) is 20.8. The van der Waals surface area contributed by atoms with Gasteiger partial charge in [0.15, 0.2) is 11.5 Å². The fourth-order valence-electron chi connectivity index (χ4n) is 4.56. The third kappa shape index (κ3) is 7.32. The summed E-state index contributed by atoms with van der Waals surface area (Å²) in [6.07, 6.45) is 2.35. The van der Waals surface area contributed by atoms with Crippen molar-refractivity contribution >= 4 is 5.91 Å². The first-order chi connectivity index (χ1) is 17.4. The Morgan fingerprint density at radius 1 is 1.14 bits per heavy atom. The Kier molecular flexibility index (Phi) is 9.01. The molecule has 0 unspecified atom stereocenters. The van der Waals surface area contributed by atoms with Gasteiger partial charge in [-0.05, 0) is 42.7 Å². The van der Waals surface area contributed by atoms with Crippen LogP contribution in [0.2, 0.25) is 0 Å². The maximum Gasteiger partial charge on any atom is 0.222 e. The van der Waals surface area contributed by atoms with Gasteiger partial charge in [-0.25, -0.2) is 4.39 Å². The number of benzene rings is 2. The molecule has 2 aromatic carbocycles. The van der Waals surface area contributed by atoms with E-state index in [0.717, 1.165) is 24.9 Å². The first kappa shape index (κ1) is 26.2. The zero-order chi connectivity index (χ0) is 25.4. The molecule has 9 heteroatoms. The summed E-state index contributed by atoms with van der Waals surface area (Å²) in [4.78, 5) is 15.7. The maximum absolute atomic E-state index is 13.4. The Hall–Kier alpha value is -2.88. The van der Waals surface area contributed by atoms with Crippen LogP contribution in [0.5, 0.6) is 17.2 Å². The largest absolute Gasteiger partial charge is 0.493 e. The Balaban J connectivity index is 1.30. The SMILES string of the molecule is COc1cc(CN2CCOC[C@](O)(COc3cccc(F)c3)C2)ccc1OCCCN1CCCC1=O. The molecule has 0 radical (unpaired) electrons. The number of nitrogens with zero attached hydrogens (tertiary/aromatic N) is 2. The molecule has 2 heterocycles. The van der Waals surface area contributed by atoms with E-state index in [0.29, 0.717) is 63.1 Å². The van der Waals surface area contributed by atoms with E-state index < -0.39 is 5.60 Å². The number of hydrogen-bond donors (Lipinski definition) is 1. The molecule has 2 aromatic rings. The smallest absolute Gasteiger partial charge is 0.222 e. The number of methoxy groups -OCH3 is 1. The Morgan fingerprint density at radius 3 is 2.81 bits per heavy atom. The fourth-order valence-corrected chi connectivity index (χ4v) is 4.56. The first-order valence-corrected chi connectivity index (χ1v) is 12.4. The first-order valence-electron chi connectivity index (χ1n) is 12.4. The number of carbonyl (C=O) groups excluding carboxylic acids is 1. The highest BCUT2D eigenvalue weighted by Gasteiger charge is 2.33. The van der Waals surface area contributed by atoms with E-state index in [1.807, 2.05) is 23.1 Å². The molecule has 36 heavy (non-hydrogen) atoms. The van der Waals surface area contributed by atoms with Gasteiger partial charge in [0.2, 0.25) is 5.91 Å². The number of amides is 1. The highest BCUT2D eigenvalue weighted by atomic mass is 19.1. The van der Waals surface area contributed by atoms with Crippen LogP contribution in [0.4, 0.5) is 4.39 Å². The Morgan fingerprint density at radius 2 is 2.03 bits per heavy atom. The van der Waals surface area contributed by atoms with Crippen LogP contribution in [-0.2, 0) is 16.1 Å². The highest BCUT2D eigenvalue weighted by molar-refractivity contribution is 5.77. The Labute approximate surface area is 211 Å². The standard InChI is InChI=1S/C27H35FN2O6/c1-33-25-15-21(8-9-24(25)35-13-4-11-30-10-3-7-26(30)31)17-29-12-14-34-19-27(32,18-29)20-36-23-6-2-5-22(28)16-23/h2,5-6,8-9,15-16,32H,3-4,7,10-14,17-20H2,1H3/t27-/m0/s1. The maximum atomic E-state index is 13.4. The summed E-state index contributed by atoms with van der Waals surface area (Å²) >= 11 is 0. The molecular formula is C27H35FN2O6. The lowest BCUT2D eigenvalue weighted by Gasteiger charge is -2.30. The molecule has 1 amide bonds. The van der Waals surface area contributed by atoms with Crippen molar-refractivity contribution in [1.29, 1.82) is 0 Å². The van der Waals surface area contributed by atoms with E-state index in [9.17, 15) is 14.3 Å². The molecule has 2 fully saturated rings. The van der Waals surface area contributed by atoms with Crippen molar-refractivity contribution in [1.82, 2.24) is 9.80 Å². The van der Waals surface area contributed by atoms with Crippen molar-refractivity contribution in [3.63, 3.8) is 0 Å². The molecule has 1 N–H and O–H groups in total. The number of rotatable bonds is 11. The van der Waals surface area contributed by atoms with Crippen LogP contribution in [0, 0.1) is 5.82 Å². The van der Waals surface area contributed by atoms with Crippen molar-refractivity contribution in [2.24, 2.45) is 0 Å². The molecule has 2 aliphatic heterocycles. The second-order valence-corrected chi connectivity index (χ2v) is 9.41. The number of β-amino-alcohol motifs (C(OH)–C–C–N with tert-alkyl or cyclic N) is 1. The lowest BCUT2D eigenvalue weighted by molar-refractivity contribution is -0.127. The summed E-state index contributed by atoms with van der Waals surface area (Å²) in [7, 11) is 1.61. The summed E-state index contributed by atoms with van der Waals surface area (Å²) in [6.45, 7) is 4.24. The summed E-state index contributed by atoms with van der Waals surface area (Å²) in [6, 6.07) is 11.7. The van der Waals surface area contributed by atoms with E-state index in [-0.39, 0.29) is 24.9 Å². The quantitative estimate of drug-likeness (QED) is 0.474. The second-order valence-electron chi connectivity index (χ2n) is 9.41. The van der Waals surface area contributed by atoms with E-state index in [1.54, 1.807) is 19.2 Å². The van der Waals surface area contributed by atoms with Gasteiger partial charge in [-0.15, -0.1) is 0 Å². The topological polar surface area (TPSA) is 80.7 Å². The third-order valence-corrected chi connectivity index (χ3v) is 6.38. The van der Waals surface area contributed by atoms with Gasteiger partial charge in [0.1, 0.15) is 23.8 Å². The summed E-state index contributed by atoms with van der Waals surface area (Å²) < 4.78 is 36.2. The minimum Gasteiger partial charge on any atom is -0.493 e. The van der Waals surface area contributed by atoms with Gasteiger partial charge in [0.25, 0.3) is 0 Å². The molecule has 2 aliphatic rings. The van der Waals surface area contributed by atoms with E-state index in [2.05, 4.69) is 4.90 Å². The molecule has 196 valence electrons. The van der Waals surface area contributed by atoms with Crippen molar-refractivity contribution in [2.45, 2.75) is 31.4 Å². The van der Waals surface area contributed by atoms with Crippen molar-refractivity contribution in [3.05, 3.63) is 53.8 Å². The molecule has 0 aliphatic carbocycles. The van der Waals surface area contributed by atoms with Crippen LogP contribution in [0.15, 0.2) is 42.5 Å². The van der Waals surface area contributed by atoms with Crippen LogP contribution >= 0.6 is 0 Å². The van der Waals surface area contributed by atoms with Crippen LogP contribution in [0.25, 0.3) is 0 Å². The van der Waals surface area contributed by atoms with Gasteiger partial charge in [-0.2, -0.15) is 0 Å². The number of hydrogen-bond acceptors (Lipinski definition) is 7. The molecular weight excluding hydrogens is 467 g/mol. The van der Waals surface area contributed by atoms with Crippen molar-refractivity contribution in [2.75, 3.05) is 59.7 Å². The Bertz CT molecular complexity index is 1020. The number of carbonyl (C=O) groups is 1. The monoisotopic (exact) mass is 502 g/mol. The summed E-state index contributed by atoms with van der Waals surface area (Å²) in [5, 5.41) is 11.1. The van der Waals surface area contributed by atoms with E-state index in [4.69, 9.17) is 18.9 Å². The number of aliphatic hydroxyl groups is 1. The fraction of sp³-hybridized carbons (Fsp3) is 0.519. The van der Waals surface area contributed by atoms with E-state index >= 15 is 0 Å². The number of halogens is 1. The average molecular weight is 503 g/mol. The van der Waals surface area contributed by atoms with Crippen LogP contribution in [0.3, 0.4) is 0 Å². The molecule has 1 atom stereocenters. The summed E-state index contributed by atoms with van der Waals surface area (Å²) in [5.74, 6) is 1.50. The predicted octanol–water partition coefficient (Wildman–Crippen LogP) is 2.87. The predicted molar refractivity (Wildman–Crippen MR) is 132 cm³/mol. The minimum absolute atomic E-state index is 0.00786. The number of likely N-dealkylation sites (tertiary alicyclic amines) is 1. The van der Waals surface area contributed by atoms with Crippen molar-refractivity contribution in [3.8, 4) is 17.2 Å². The van der Waals surface area contributed by atoms with Crippen LogP contribution in [-0.4, -0.2) is 86.1 Å². The second kappa shape index (κ2) is 12.4. The van der Waals surface area contributed by atoms with Gasteiger partial charge >= 0.3 is 0 Å². The molecule has 4 rings (SSSR count). The highest BCUT2D eigenvalue weighted by Crippen LogP contribution is 2.29. The minimum atomic E-state index is -1.23. The summed E-state index contributed by atoms with van der Waals surface area (Å²) in [5.41, 5.74) is -0.218. The zero-order valence-electron chi connectivity index (χ0n) is 20.8. The normalized spacial score (nSPS) is 20.9. The van der Waals surface area contributed by atoms with Crippen LogP contribution in [0.1, 0.15) is 24.8 Å². The lowest BCUT2D eigenvalue weighted by atomic mass is 10.1. The van der Waals surface area contributed by atoms with Gasteiger partial charge in [-0.3, -0.25) is 9.69 Å². The van der Waals surface area contributed by atoms with Gasteiger partial charge in [0.05, 0.1) is 26.9 Å².